The van der Waals surface area contributed by atoms with Crippen LogP contribution in [0.3, 0.4) is 0 Å². The average Bonchev–Trinajstić information content (AvgIpc) is 1.99. The van der Waals surface area contributed by atoms with Gasteiger partial charge in [-0.3, -0.25) is 4.79 Å². The van der Waals surface area contributed by atoms with E-state index in [4.69, 9.17) is 0 Å². The molecule has 0 aromatic carbocycles. The lowest BCUT2D eigenvalue weighted by Gasteiger charge is -2.42. The monoisotopic (exact) mass is 200 g/mol. The van der Waals surface area contributed by atoms with Crippen molar-refractivity contribution in [3.63, 3.8) is 0 Å². The molecule has 0 aromatic rings. The maximum Gasteiger partial charge on any atom is 0.309 e. The summed E-state index contributed by atoms with van der Waals surface area (Å²) in [4.78, 5) is 11.4. The molecular formula is C12H24O2. The van der Waals surface area contributed by atoms with Gasteiger partial charge in [-0.25, -0.2) is 0 Å². The van der Waals surface area contributed by atoms with Crippen LogP contribution in [-0.4, -0.2) is 11.1 Å². The van der Waals surface area contributed by atoms with E-state index in [1.54, 1.807) is 0 Å². The van der Waals surface area contributed by atoms with Gasteiger partial charge in [-0.2, -0.15) is 0 Å². The molecule has 0 aromatic heterocycles. The lowest BCUT2D eigenvalue weighted by molar-refractivity contribution is -0.157. The number of carboxylic acids is 1. The second kappa shape index (κ2) is 3.92. The molecular weight excluding hydrogens is 176 g/mol. The second-order valence-electron chi connectivity index (χ2n) is 5.83. The molecule has 1 N–H and O–H groups in total. The first-order valence-corrected chi connectivity index (χ1v) is 5.28. The van der Waals surface area contributed by atoms with E-state index in [0.29, 0.717) is 0 Å². The van der Waals surface area contributed by atoms with Gasteiger partial charge in [-0.05, 0) is 24.2 Å². The first-order valence-electron chi connectivity index (χ1n) is 5.28. The number of carbonyl (C=O) groups is 1. The molecule has 2 atom stereocenters. The minimum absolute atomic E-state index is 0.0252. The van der Waals surface area contributed by atoms with Gasteiger partial charge in [0.05, 0.1) is 5.41 Å². The molecule has 2 nitrogen and oxygen atoms in total. The quantitative estimate of drug-likeness (QED) is 0.758. The van der Waals surface area contributed by atoms with Crippen molar-refractivity contribution in [1.82, 2.24) is 0 Å². The molecule has 0 spiro atoms. The highest BCUT2D eigenvalue weighted by atomic mass is 16.4. The molecule has 0 fully saturated rings. The Morgan fingerprint density at radius 3 is 1.50 bits per heavy atom. The maximum atomic E-state index is 11.4. The molecule has 0 aliphatic rings. The standard InChI is InChI=1S/C12H24O2/c1-8(2)12(7,10(13)14)9(3)11(4,5)6/h8-9H,1-7H3,(H,13,14). The van der Waals surface area contributed by atoms with E-state index in [-0.39, 0.29) is 17.3 Å². The molecule has 84 valence electrons. The topological polar surface area (TPSA) is 37.3 Å². The SMILES string of the molecule is CC(C)C(C)(C(=O)O)C(C)C(C)(C)C. The minimum Gasteiger partial charge on any atom is -0.481 e. The van der Waals surface area contributed by atoms with Gasteiger partial charge in [0.15, 0.2) is 0 Å². The van der Waals surface area contributed by atoms with Crippen molar-refractivity contribution in [2.45, 2.75) is 48.5 Å². The molecule has 2 heteroatoms. The third-order valence-electron chi connectivity index (χ3n) is 3.86. The predicted molar refractivity (Wildman–Crippen MR) is 59.2 cm³/mol. The summed E-state index contributed by atoms with van der Waals surface area (Å²) < 4.78 is 0. The Hall–Kier alpha value is -0.530. The number of aliphatic carboxylic acids is 1. The summed E-state index contributed by atoms with van der Waals surface area (Å²) >= 11 is 0. The van der Waals surface area contributed by atoms with Crippen LogP contribution in [0, 0.1) is 22.7 Å². The van der Waals surface area contributed by atoms with E-state index in [0.717, 1.165) is 0 Å². The molecule has 0 saturated carbocycles. The summed E-state index contributed by atoms with van der Waals surface area (Å²) in [5.74, 6) is -0.392. The third kappa shape index (κ3) is 2.28. The summed E-state index contributed by atoms with van der Waals surface area (Å²) in [7, 11) is 0. The molecule has 0 aliphatic carbocycles. The van der Waals surface area contributed by atoms with Crippen molar-refractivity contribution >= 4 is 5.97 Å². The smallest absolute Gasteiger partial charge is 0.309 e. The fourth-order valence-corrected chi connectivity index (χ4v) is 1.83. The normalized spacial score (nSPS) is 19.1. The Bertz CT molecular complexity index is 213. The summed E-state index contributed by atoms with van der Waals surface area (Å²) in [6.45, 7) is 14.2. The number of carboxylic acid groups (broad SMARTS) is 1. The van der Waals surface area contributed by atoms with Gasteiger partial charge in [-0.15, -0.1) is 0 Å². The van der Waals surface area contributed by atoms with Crippen LogP contribution in [0.1, 0.15) is 48.5 Å². The van der Waals surface area contributed by atoms with E-state index >= 15 is 0 Å². The Morgan fingerprint density at radius 2 is 1.43 bits per heavy atom. The van der Waals surface area contributed by atoms with Crippen LogP contribution in [0.5, 0.6) is 0 Å². The van der Waals surface area contributed by atoms with E-state index in [2.05, 4.69) is 20.8 Å². The number of hydrogen-bond acceptors (Lipinski definition) is 1. The van der Waals surface area contributed by atoms with Gasteiger partial charge in [0, 0.05) is 0 Å². The second-order valence-corrected chi connectivity index (χ2v) is 5.83. The van der Waals surface area contributed by atoms with Gasteiger partial charge < -0.3 is 5.11 Å². The van der Waals surface area contributed by atoms with E-state index in [1.807, 2.05) is 27.7 Å². The van der Waals surface area contributed by atoms with Crippen molar-refractivity contribution < 1.29 is 9.90 Å². The van der Waals surface area contributed by atoms with Crippen molar-refractivity contribution in [2.75, 3.05) is 0 Å². The maximum absolute atomic E-state index is 11.4. The van der Waals surface area contributed by atoms with Crippen LogP contribution in [0.2, 0.25) is 0 Å². The Kier molecular flexibility index (Phi) is 3.77. The van der Waals surface area contributed by atoms with E-state index in [1.165, 1.54) is 0 Å². The van der Waals surface area contributed by atoms with Crippen LogP contribution < -0.4 is 0 Å². The van der Waals surface area contributed by atoms with Crippen molar-refractivity contribution in [3.05, 3.63) is 0 Å². The molecule has 0 heterocycles. The van der Waals surface area contributed by atoms with Gasteiger partial charge in [0.1, 0.15) is 0 Å². The first kappa shape index (κ1) is 13.5. The Morgan fingerprint density at radius 1 is 1.07 bits per heavy atom. The zero-order chi connectivity index (χ0) is 11.7. The highest BCUT2D eigenvalue weighted by molar-refractivity contribution is 5.75. The van der Waals surface area contributed by atoms with Gasteiger partial charge in [0.2, 0.25) is 0 Å². The van der Waals surface area contributed by atoms with Crippen LogP contribution in [0.25, 0.3) is 0 Å². The molecule has 0 rings (SSSR count). The first-order chi connectivity index (χ1) is 6.04. The van der Waals surface area contributed by atoms with Crippen LogP contribution in [0.15, 0.2) is 0 Å². The zero-order valence-corrected chi connectivity index (χ0v) is 10.5. The Balaban J connectivity index is 5.13. The third-order valence-corrected chi connectivity index (χ3v) is 3.86. The molecule has 0 bridgehead atoms. The van der Waals surface area contributed by atoms with Crippen molar-refractivity contribution in [1.29, 1.82) is 0 Å². The van der Waals surface area contributed by atoms with Crippen LogP contribution in [-0.2, 0) is 4.79 Å². The fraction of sp³-hybridized carbons (Fsp3) is 0.917. The molecule has 14 heavy (non-hydrogen) atoms. The fourth-order valence-electron chi connectivity index (χ4n) is 1.83. The molecule has 2 unspecified atom stereocenters. The van der Waals surface area contributed by atoms with E-state index in [9.17, 15) is 9.90 Å². The predicted octanol–water partition coefficient (Wildman–Crippen LogP) is 3.42. The van der Waals surface area contributed by atoms with Gasteiger partial charge in [-0.1, -0.05) is 41.5 Å². The van der Waals surface area contributed by atoms with Gasteiger partial charge in [0.25, 0.3) is 0 Å². The van der Waals surface area contributed by atoms with Crippen LogP contribution in [0.4, 0.5) is 0 Å². The van der Waals surface area contributed by atoms with Crippen molar-refractivity contribution in [2.24, 2.45) is 22.7 Å². The number of hydrogen-bond donors (Lipinski definition) is 1. The van der Waals surface area contributed by atoms with Crippen molar-refractivity contribution in [3.8, 4) is 0 Å². The van der Waals surface area contributed by atoms with Gasteiger partial charge >= 0.3 is 5.97 Å². The summed E-state index contributed by atoms with van der Waals surface area (Å²) in [5.41, 5.74) is -0.615. The molecule has 0 aliphatic heterocycles. The lowest BCUT2D eigenvalue weighted by Crippen LogP contribution is -2.44. The Labute approximate surface area is 87.7 Å². The number of rotatable bonds is 3. The summed E-state index contributed by atoms with van der Waals surface area (Å²) in [5, 5.41) is 9.34. The average molecular weight is 200 g/mol. The van der Waals surface area contributed by atoms with E-state index < -0.39 is 11.4 Å². The summed E-state index contributed by atoms with van der Waals surface area (Å²) in [6, 6.07) is 0. The summed E-state index contributed by atoms with van der Waals surface area (Å²) in [6.07, 6.45) is 0. The highest BCUT2D eigenvalue weighted by Gasteiger charge is 2.46. The minimum atomic E-state index is -0.685. The zero-order valence-electron chi connectivity index (χ0n) is 10.5. The highest BCUT2D eigenvalue weighted by Crippen LogP contribution is 2.44. The largest absolute Gasteiger partial charge is 0.481 e. The van der Waals surface area contributed by atoms with Crippen LogP contribution >= 0.6 is 0 Å². The molecule has 0 radical (unpaired) electrons. The lowest BCUT2D eigenvalue weighted by atomic mass is 9.61. The molecule has 0 amide bonds. The molecule has 0 saturated heterocycles.